The van der Waals surface area contributed by atoms with E-state index in [1.807, 2.05) is 42.5 Å². The molecule has 3 rings (SSSR count). The van der Waals surface area contributed by atoms with Gasteiger partial charge in [-0.2, -0.15) is 0 Å². The summed E-state index contributed by atoms with van der Waals surface area (Å²) in [4.78, 5) is 8.52. The lowest BCUT2D eigenvalue weighted by Crippen LogP contribution is -1.90. The minimum Gasteiger partial charge on any atom is -0.236 e. The fourth-order valence-electron chi connectivity index (χ4n) is 1.95. The van der Waals surface area contributed by atoms with E-state index in [-0.39, 0.29) is 5.82 Å². The average Bonchev–Trinajstić information content (AvgIpc) is 2.55. The highest BCUT2D eigenvalue weighted by Crippen LogP contribution is 2.25. The third-order valence-corrected chi connectivity index (χ3v) is 4.02. The second-order valence-electron chi connectivity index (χ2n) is 4.49. The molecule has 0 N–H and O–H groups in total. The molecule has 2 nitrogen and oxygen atoms in total. The highest BCUT2D eigenvalue weighted by molar-refractivity contribution is 7.98. The van der Waals surface area contributed by atoms with Gasteiger partial charge in [0.15, 0.2) is 0 Å². The Labute approximate surface area is 127 Å². The van der Waals surface area contributed by atoms with Crippen molar-refractivity contribution in [1.29, 1.82) is 0 Å². The number of thioether (sulfide) groups is 1. The number of benzene rings is 2. The van der Waals surface area contributed by atoms with Gasteiger partial charge in [-0.3, -0.25) is 0 Å². The Balaban J connectivity index is 1.77. The highest BCUT2D eigenvalue weighted by atomic mass is 32.2. The summed E-state index contributed by atoms with van der Waals surface area (Å²) in [5.74, 6) is 0.375. The first kappa shape index (κ1) is 13.8. The monoisotopic (exact) mass is 296 g/mol. The van der Waals surface area contributed by atoms with Crippen LogP contribution in [0.2, 0.25) is 0 Å². The van der Waals surface area contributed by atoms with E-state index in [1.165, 1.54) is 17.8 Å². The first-order valence-electron chi connectivity index (χ1n) is 6.56. The van der Waals surface area contributed by atoms with Crippen LogP contribution in [0.15, 0.2) is 72.0 Å². The van der Waals surface area contributed by atoms with Crippen molar-refractivity contribution in [3.63, 3.8) is 0 Å². The van der Waals surface area contributed by atoms with Crippen molar-refractivity contribution in [2.75, 3.05) is 0 Å². The molecule has 2 aromatic carbocycles. The van der Waals surface area contributed by atoms with Crippen molar-refractivity contribution in [3.8, 4) is 11.3 Å². The lowest BCUT2D eigenvalue weighted by atomic mass is 10.1. The van der Waals surface area contributed by atoms with Crippen molar-refractivity contribution in [1.82, 2.24) is 9.97 Å². The van der Waals surface area contributed by atoms with Gasteiger partial charge in [-0.25, -0.2) is 14.4 Å². The van der Waals surface area contributed by atoms with Crippen molar-refractivity contribution in [2.45, 2.75) is 10.8 Å². The van der Waals surface area contributed by atoms with Crippen LogP contribution in [0.5, 0.6) is 0 Å². The van der Waals surface area contributed by atoms with Crippen molar-refractivity contribution < 1.29 is 4.39 Å². The number of aromatic nitrogens is 2. The Morgan fingerprint density at radius 3 is 2.48 bits per heavy atom. The van der Waals surface area contributed by atoms with Gasteiger partial charge in [0.1, 0.15) is 17.2 Å². The molecule has 0 atom stereocenters. The zero-order valence-electron chi connectivity index (χ0n) is 11.2. The van der Waals surface area contributed by atoms with E-state index in [0.29, 0.717) is 11.3 Å². The molecule has 0 unspecified atom stereocenters. The Hall–Kier alpha value is -2.20. The molecule has 0 fully saturated rings. The molecular weight excluding hydrogens is 283 g/mol. The van der Waals surface area contributed by atoms with Crippen molar-refractivity contribution in [2.24, 2.45) is 0 Å². The molecule has 4 heteroatoms. The lowest BCUT2D eigenvalue weighted by molar-refractivity contribution is 0.617. The highest BCUT2D eigenvalue weighted by Gasteiger charge is 2.05. The molecule has 3 aromatic rings. The predicted molar refractivity (Wildman–Crippen MR) is 83.4 cm³/mol. The Morgan fingerprint density at radius 2 is 1.67 bits per heavy atom. The molecule has 0 radical (unpaired) electrons. The van der Waals surface area contributed by atoms with Gasteiger partial charge in [-0.15, -0.1) is 11.8 Å². The van der Waals surface area contributed by atoms with Gasteiger partial charge in [0.25, 0.3) is 0 Å². The van der Waals surface area contributed by atoms with Crippen LogP contribution in [0.25, 0.3) is 11.3 Å². The van der Waals surface area contributed by atoms with Gasteiger partial charge >= 0.3 is 0 Å². The van der Waals surface area contributed by atoms with Gasteiger partial charge in [0, 0.05) is 11.3 Å². The van der Waals surface area contributed by atoms with E-state index in [4.69, 9.17) is 0 Å². The number of halogens is 1. The van der Waals surface area contributed by atoms with Crippen LogP contribution in [0.4, 0.5) is 4.39 Å². The summed E-state index contributed by atoms with van der Waals surface area (Å²) in [6.07, 6.45) is 1.55. The number of hydrogen-bond acceptors (Lipinski definition) is 3. The molecule has 0 bridgehead atoms. The normalized spacial score (nSPS) is 10.5. The van der Waals surface area contributed by atoms with Gasteiger partial charge in [0.2, 0.25) is 0 Å². The largest absolute Gasteiger partial charge is 0.236 e. The molecular formula is C17H13FN2S. The molecule has 0 saturated carbocycles. The second-order valence-corrected chi connectivity index (χ2v) is 5.48. The van der Waals surface area contributed by atoms with Crippen molar-refractivity contribution in [3.05, 3.63) is 78.4 Å². The van der Waals surface area contributed by atoms with Crippen LogP contribution < -0.4 is 0 Å². The van der Waals surface area contributed by atoms with Gasteiger partial charge in [-0.1, -0.05) is 48.5 Å². The Bertz CT molecular complexity index is 732. The standard InChI is InChI=1S/C17H13FN2S/c18-15-9-5-4-8-14(15)11-21-17-10-16(19-12-20-17)13-6-2-1-3-7-13/h1-10,12H,11H2. The maximum atomic E-state index is 13.6. The summed E-state index contributed by atoms with van der Waals surface area (Å²) in [7, 11) is 0. The summed E-state index contributed by atoms with van der Waals surface area (Å²) in [6, 6.07) is 18.7. The van der Waals surface area contributed by atoms with E-state index < -0.39 is 0 Å². The molecule has 0 spiro atoms. The third-order valence-electron chi connectivity index (χ3n) is 3.04. The molecule has 0 saturated heterocycles. The quantitative estimate of drug-likeness (QED) is 0.521. The van der Waals surface area contributed by atoms with Crippen molar-refractivity contribution >= 4 is 11.8 Å². The summed E-state index contributed by atoms with van der Waals surface area (Å²) in [6.45, 7) is 0. The first-order valence-corrected chi connectivity index (χ1v) is 7.55. The van der Waals surface area contributed by atoms with Crippen LogP contribution in [0.3, 0.4) is 0 Å². The maximum absolute atomic E-state index is 13.6. The minimum absolute atomic E-state index is 0.178. The first-order chi connectivity index (χ1) is 10.3. The van der Waals surface area contributed by atoms with Crippen LogP contribution >= 0.6 is 11.8 Å². The molecule has 1 heterocycles. The zero-order chi connectivity index (χ0) is 14.5. The van der Waals surface area contributed by atoms with Crippen LogP contribution in [0.1, 0.15) is 5.56 Å². The molecule has 0 aliphatic rings. The second kappa shape index (κ2) is 6.50. The van der Waals surface area contributed by atoms with E-state index in [1.54, 1.807) is 18.5 Å². The van der Waals surface area contributed by atoms with Crippen LogP contribution in [-0.4, -0.2) is 9.97 Å². The molecule has 104 valence electrons. The molecule has 0 aliphatic heterocycles. The molecule has 0 aliphatic carbocycles. The lowest BCUT2D eigenvalue weighted by Gasteiger charge is -2.05. The van der Waals surface area contributed by atoms with E-state index in [9.17, 15) is 4.39 Å². The minimum atomic E-state index is -0.178. The summed E-state index contributed by atoms with van der Waals surface area (Å²) >= 11 is 1.51. The Morgan fingerprint density at radius 1 is 0.905 bits per heavy atom. The van der Waals surface area contributed by atoms with E-state index >= 15 is 0 Å². The van der Waals surface area contributed by atoms with Gasteiger partial charge in [-0.05, 0) is 17.7 Å². The third kappa shape index (κ3) is 3.47. The maximum Gasteiger partial charge on any atom is 0.127 e. The van der Waals surface area contributed by atoms with E-state index in [0.717, 1.165) is 16.3 Å². The van der Waals surface area contributed by atoms with E-state index in [2.05, 4.69) is 9.97 Å². The van der Waals surface area contributed by atoms with Crippen LogP contribution in [-0.2, 0) is 5.75 Å². The summed E-state index contributed by atoms with van der Waals surface area (Å²) in [5, 5.41) is 0.840. The number of nitrogens with zero attached hydrogens (tertiary/aromatic N) is 2. The zero-order valence-corrected chi connectivity index (χ0v) is 12.1. The molecule has 0 amide bonds. The smallest absolute Gasteiger partial charge is 0.127 e. The summed E-state index contributed by atoms with van der Waals surface area (Å²) in [5.41, 5.74) is 2.61. The van der Waals surface area contributed by atoms with Gasteiger partial charge < -0.3 is 0 Å². The predicted octanol–water partition coefficient (Wildman–Crippen LogP) is 4.58. The topological polar surface area (TPSA) is 25.8 Å². The summed E-state index contributed by atoms with van der Waals surface area (Å²) < 4.78 is 13.6. The fourth-order valence-corrected chi connectivity index (χ4v) is 2.81. The number of hydrogen-bond donors (Lipinski definition) is 0. The SMILES string of the molecule is Fc1ccccc1CSc1cc(-c2ccccc2)ncn1. The average molecular weight is 296 g/mol. The molecule has 21 heavy (non-hydrogen) atoms. The fraction of sp³-hybridized carbons (Fsp3) is 0.0588. The molecule has 1 aromatic heterocycles. The number of rotatable bonds is 4. The van der Waals surface area contributed by atoms with Crippen LogP contribution in [0, 0.1) is 5.82 Å². The van der Waals surface area contributed by atoms with Gasteiger partial charge in [0.05, 0.1) is 5.69 Å². The Kier molecular flexibility index (Phi) is 4.26.